The van der Waals surface area contributed by atoms with Crippen molar-refractivity contribution in [3.05, 3.63) is 35.6 Å². The van der Waals surface area contributed by atoms with E-state index >= 15 is 0 Å². The number of halogens is 1. The van der Waals surface area contributed by atoms with E-state index < -0.39 is 10.0 Å². The minimum absolute atomic E-state index is 0.0785. The molecule has 1 unspecified atom stereocenters. The highest BCUT2D eigenvalue weighted by Gasteiger charge is 2.25. The van der Waals surface area contributed by atoms with Gasteiger partial charge in [-0.1, -0.05) is 18.2 Å². The van der Waals surface area contributed by atoms with Crippen LogP contribution in [0.5, 0.6) is 0 Å². The number of benzene rings is 1. The van der Waals surface area contributed by atoms with Gasteiger partial charge in [-0.25, -0.2) is 17.1 Å². The molecular weight excluding hydrogens is 279 g/mol. The molecule has 0 aliphatic carbocycles. The second-order valence-corrected chi connectivity index (χ2v) is 7.46. The summed E-state index contributed by atoms with van der Waals surface area (Å²) in [5.41, 5.74) is 0.403. The summed E-state index contributed by atoms with van der Waals surface area (Å²) in [5.74, 6) is -0.0870. The minimum Gasteiger partial charge on any atom is -0.316 e. The fraction of sp³-hybridized carbons (Fsp3) is 0.571. The summed E-state index contributed by atoms with van der Waals surface area (Å²) in [6.07, 6.45) is 1.94. The van der Waals surface area contributed by atoms with Crippen LogP contribution in [0.2, 0.25) is 0 Å². The molecule has 1 saturated heterocycles. The van der Waals surface area contributed by atoms with Crippen LogP contribution < -0.4 is 5.32 Å². The van der Waals surface area contributed by atoms with E-state index in [1.807, 2.05) is 0 Å². The van der Waals surface area contributed by atoms with E-state index in [1.54, 1.807) is 18.2 Å². The first kappa shape index (κ1) is 15.4. The van der Waals surface area contributed by atoms with Crippen LogP contribution in [0.3, 0.4) is 0 Å². The van der Waals surface area contributed by atoms with Crippen LogP contribution in [0, 0.1) is 11.7 Å². The van der Waals surface area contributed by atoms with Crippen LogP contribution in [-0.2, 0) is 16.6 Å². The van der Waals surface area contributed by atoms with Crippen LogP contribution in [0.15, 0.2) is 24.3 Å². The van der Waals surface area contributed by atoms with Gasteiger partial charge in [0.05, 0.1) is 5.75 Å². The molecule has 1 aromatic carbocycles. The van der Waals surface area contributed by atoms with Gasteiger partial charge in [0.1, 0.15) is 5.82 Å². The standard InChI is InChI=1S/C14H21FN2O2S/c1-17(10-13-6-2-3-7-14(13)15)20(18,19)11-12-5-4-8-16-9-12/h2-3,6-7,12,16H,4-5,8-11H2,1H3. The van der Waals surface area contributed by atoms with E-state index in [0.29, 0.717) is 5.56 Å². The molecule has 112 valence electrons. The Morgan fingerprint density at radius 2 is 2.15 bits per heavy atom. The average molecular weight is 300 g/mol. The Labute approximate surface area is 120 Å². The first-order chi connectivity index (χ1) is 9.49. The summed E-state index contributed by atoms with van der Waals surface area (Å²) in [5, 5.41) is 3.21. The Kier molecular flexibility index (Phi) is 5.12. The van der Waals surface area contributed by atoms with Crippen molar-refractivity contribution in [3.63, 3.8) is 0 Å². The molecule has 1 atom stereocenters. The number of nitrogens with one attached hydrogen (secondary N) is 1. The Morgan fingerprint density at radius 3 is 2.80 bits per heavy atom. The molecule has 2 rings (SSSR count). The first-order valence-corrected chi connectivity index (χ1v) is 8.48. The van der Waals surface area contributed by atoms with Crippen LogP contribution >= 0.6 is 0 Å². The summed E-state index contributed by atoms with van der Waals surface area (Å²) in [6.45, 7) is 1.78. The largest absolute Gasteiger partial charge is 0.316 e. The van der Waals surface area contributed by atoms with Crippen molar-refractivity contribution in [2.45, 2.75) is 19.4 Å². The SMILES string of the molecule is CN(Cc1ccccc1F)S(=O)(=O)CC1CCCNC1. The van der Waals surface area contributed by atoms with Gasteiger partial charge in [-0.05, 0) is 37.9 Å². The molecule has 1 aromatic rings. The smallest absolute Gasteiger partial charge is 0.214 e. The quantitative estimate of drug-likeness (QED) is 0.898. The van der Waals surface area contributed by atoms with Crippen molar-refractivity contribution in [1.29, 1.82) is 0 Å². The minimum atomic E-state index is -3.35. The number of hydrogen-bond acceptors (Lipinski definition) is 3. The van der Waals surface area contributed by atoms with Crippen molar-refractivity contribution < 1.29 is 12.8 Å². The highest BCUT2D eigenvalue weighted by Crippen LogP contribution is 2.17. The van der Waals surface area contributed by atoms with Gasteiger partial charge in [-0.15, -0.1) is 0 Å². The van der Waals surface area contributed by atoms with Crippen molar-refractivity contribution >= 4 is 10.0 Å². The molecule has 0 saturated carbocycles. The molecule has 1 aliphatic rings. The van der Waals surface area contributed by atoms with Gasteiger partial charge in [-0.3, -0.25) is 0 Å². The fourth-order valence-corrected chi connectivity index (χ4v) is 3.93. The average Bonchev–Trinajstić information content (AvgIpc) is 2.42. The molecule has 0 radical (unpaired) electrons. The summed E-state index contributed by atoms with van der Waals surface area (Å²) in [7, 11) is -1.84. The van der Waals surface area contributed by atoms with Gasteiger partial charge in [0.25, 0.3) is 0 Å². The van der Waals surface area contributed by atoms with E-state index in [0.717, 1.165) is 25.9 Å². The lowest BCUT2D eigenvalue weighted by molar-refractivity contribution is 0.389. The maximum Gasteiger partial charge on any atom is 0.214 e. The van der Waals surface area contributed by atoms with Crippen molar-refractivity contribution in [2.24, 2.45) is 5.92 Å². The Morgan fingerprint density at radius 1 is 1.40 bits per heavy atom. The Hall–Kier alpha value is -0.980. The molecular formula is C14H21FN2O2S. The lowest BCUT2D eigenvalue weighted by Crippen LogP contribution is -2.38. The molecule has 0 amide bonds. The monoisotopic (exact) mass is 300 g/mol. The number of sulfonamides is 1. The molecule has 1 fully saturated rings. The van der Waals surface area contributed by atoms with E-state index in [4.69, 9.17) is 0 Å². The zero-order valence-corrected chi connectivity index (χ0v) is 12.5. The van der Waals surface area contributed by atoms with Crippen LogP contribution in [0.25, 0.3) is 0 Å². The first-order valence-electron chi connectivity index (χ1n) is 6.87. The van der Waals surface area contributed by atoms with E-state index in [2.05, 4.69) is 5.32 Å². The molecule has 1 N–H and O–H groups in total. The summed E-state index contributed by atoms with van der Waals surface area (Å²) in [4.78, 5) is 0. The third-order valence-corrected chi connectivity index (χ3v) is 5.64. The van der Waals surface area contributed by atoms with Gasteiger partial charge in [0.15, 0.2) is 0 Å². The van der Waals surface area contributed by atoms with E-state index in [-0.39, 0.29) is 24.0 Å². The number of piperidine rings is 1. The van der Waals surface area contributed by atoms with Crippen LogP contribution in [0.1, 0.15) is 18.4 Å². The topological polar surface area (TPSA) is 49.4 Å². The summed E-state index contributed by atoms with van der Waals surface area (Å²) < 4.78 is 39.4. The van der Waals surface area contributed by atoms with Crippen molar-refractivity contribution in [2.75, 3.05) is 25.9 Å². The fourth-order valence-electron chi connectivity index (χ4n) is 2.46. The van der Waals surface area contributed by atoms with E-state index in [9.17, 15) is 12.8 Å². The molecule has 4 nitrogen and oxygen atoms in total. The van der Waals surface area contributed by atoms with E-state index in [1.165, 1.54) is 17.4 Å². The summed E-state index contributed by atoms with van der Waals surface area (Å²) >= 11 is 0. The lowest BCUT2D eigenvalue weighted by Gasteiger charge is -2.25. The van der Waals surface area contributed by atoms with Gasteiger partial charge in [0, 0.05) is 19.2 Å². The molecule has 1 heterocycles. The highest BCUT2D eigenvalue weighted by atomic mass is 32.2. The number of hydrogen-bond donors (Lipinski definition) is 1. The molecule has 1 aliphatic heterocycles. The number of nitrogens with zero attached hydrogens (tertiary/aromatic N) is 1. The van der Waals surface area contributed by atoms with Crippen molar-refractivity contribution in [3.8, 4) is 0 Å². The second-order valence-electron chi connectivity index (χ2n) is 5.34. The molecule has 20 heavy (non-hydrogen) atoms. The number of rotatable bonds is 5. The Bertz CT molecular complexity index is 542. The van der Waals surface area contributed by atoms with Crippen molar-refractivity contribution in [1.82, 2.24) is 9.62 Å². The summed E-state index contributed by atoms with van der Waals surface area (Å²) in [6, 6.07) is 6.27. The predicted molar refractivity (Wildman–Crippen MR) is 77.2 cm³/mol. The second kappa shape index (κ2) is 6.65. The lowest BCUT2D eigenvalue weighted by atomic mass is 10.0. The highest BCUT2D eigenvalue weighted by molar-refractivity contribution is 7.89. The predicted octanol–water partition coefficient (Wildman–Crippen LogP) is 1.59. The van der Waals surface area contributed by atoms with Gasteiger partial charge in [0.2, 0.25) is 10.0 Å². The van der Waals surface area contributed by atoms with Crippen LogP contribution in [-0.4, -0.2) is 38.6 Å². The van der Waals surface area contributed by atoms with Gasteiger partial charge in [-0.2, -0.15) is 0 Å². The van der Waals surface area contributed by atoms with Gasteiger partial charge < -0.3 is 5.32 Å². The zero-order valence-electron chi connectivity index (χ0n) is 11.7. The molecule has 0 aromatic heterocycles. The maximum atomic E-state index is 13.6. The van der Waals surface area contributed by atoms with Crippen LogP contribution in [0.4, 0.5) is 4.39 Å². The third-order valence-electron chi connectivity index (χ3n) is 3.67. The molecule has 6 heteroatoms. The van der Waals surface area contributed by atoms with Gasteiger partial charge >= 0.3 is 0 Å². The zero-order chi connectivity index (χ0) is 14.6. The molecule has 0 spiro atoms. The molecule has 0 bridgehead atoms. The Balaban J connectivity index is 1.99. The third kappa shape index (κ3) is 4.01. The maximum absolute atomic E-state index is 13.6. The normalized spacial score (nSPS) is 20.2.